The number of nitro benzene ring substituents is 1. The molecule has 4 aromatic rings. The molecule has 0 bridgehead atoms. The van der Waals surface area contributed by atoms with Crippen molar-refractivity contribution in [1.82, 2.24) is 9.80 Å². The minimum absolute atomic E-state index is 0.141. The van der Waals surface area contributed by atoms with Crippen LogP contribution in [0.4, 0.5) is 5.69 Å². The van der Waals surface area contributed by atoms with Gasteiger partial charge in [-0.1, -0.05) is 17.7 Å². The molecule has 1 fully saturated rings. The summed E-state index contributed by atoms with van der Waals surface area (Å²) in [5.41, 5.74) is 5.97. The molecule has 11 heteroatoms. The number of carbonyl (C=O) groups excluding carboxylic acids is 2. The summed E-state index contributed by atoms with van der Waals surface area (Å²) < 4.78 is 22.1. The summed E-state index contributed by atoms with van der Waals surface area (Å²) in [7, 11) is 6.26. The van der Waals surface area contributed by atoms with Crippen LogP contribution in [0.1, 0.15) is 43.8 Å². The topological polar surface area (TPSA) is 121 Å². The zero-order valence-corrected chi connectivity index (χ0v) is 28.9. The number of nitro groups is 1. The van der Waals surface area contributed by atoms with Gasteiger partial charge < -0.3 is 28.7 Å². The van der Waals surface area contributed by atoms with E-state index >= 15 is 0 Å². The van der Waals surface area contributed by atoms with Gasteiger partial charge in [0, 0.05) is 43.9 Å². The third kappa shape index (κ3) is 7.01. The zero-order valence-electron chi connectivity index (χ0n) is 28.9. The second-order valence-electron chi connectivity index (χ2n) is 12.0. The Hall–Kier alpha value is -5.58. The molecule has 256 valence electrons. The largest absolute Gasteiger partial charge is 0.493 e. The highest BCUT2D eigenvalue weighted by Crippen LogP contribution is 2.39. The lowest BCUT2D eigenvalue weighted by Crippen LogP contribution is -2.37. The van der Waals surface area contributed by atoms with Crippen molar-refractivity contribution < 1.29 is 33.5 Å². The van der Waals surface area contributed by atoms with Gasteiger partial charge >= 0.3 is 0 Å². The first-order valence-corrected chi connectivity index (χ1v) is 15.9. The molecule has 4 aromatic carbocycles. The second kappa shape index (κ2) is 14.7. The van der Waals surface area contributed by atoms with Crippen LogP contribution in [-0.2, 0) is 0 Å². The van der Waals surface area contributed by atoms with E-state index < -0.39 is 4.92 Å². The monoisotopic (exact) mass is 667 g/mol. The summed E-state index contributed by atoms with van der Waals surface area (Å²) in [5, 5.41) is 11.8. The molecular weight excluding hydrogens is 626 g/mol. The lowest BCUT2D eigenvalue weighted by atomic mass is 9.95. The van der Waals surface area contributed by atoms with Crippen LogP contribution in [0.3, 0.4) is 0 Å². The predicted octanol–water partition coefficient (Wildman–Crippen LogP) is 6.88. The Balaban J connectivity index is 1.45. The molecule has 1 aliphatic heterocycles. The van der Waals surface area contributed by atoms with Crippen LogP contribution >= 0.6 is 0 Å². The molecule has 5 rings (SSSR count). The first-order valence-electron chi connectivity index (χ1n) is 15.9. The minimum atomic E-state index is -0.511. The second-order valence-corrected chi connectivity index (χ2v) is 12.0. The molecule has 0 spiro atoms. The number of ether oxygens (including phenoxy) is 4. The molecule has 1 aliphatic rings. The van der Waals surface area contributed by atoms with Crippen molar-refractivity contribution in [3.8, 4) is 45.3 Å². The van der Waals surface area contributed by atoms with Gasteiger partial charge in [0.05, 0.1) is 38.9 Å². The summed E-state index contributed by atoms with van der Waals surface area (Å²) in [5.74, 6) is 1.77. The van der Waals surface area contributed by atoms with Gasteiger partial charge in [0.2, 0.25) is 0 Å². The maximum atomic E-state index is 14.2. The van der Waals surface area contributed by atoms with Crippen molar-refractivity contribution in [2.45, 2.75) is 27.2 Å². The van der Waals surface area contributed by atoms with Crippen molar-refractivity contribution in [2.24, 2.45) is 0 Å². The fraction of sp³-hybridized carbons (Fsp3) is 0.316. The van der Waals surface area contributed by atoms with Crippen molar-refractivity contribution in [3.63, 3.8) is 0 Å². The van der Waals surface area contributed by atoms with E-state index in [1.807, 2.05) is 57.2 Å². The number of amides is 2. The quantitative estimate of drug-likeness (QED) is 0.140. The Morgan fingerprint density at radius 2 is 1.10 bits per heavy atom. The first-order chi connectivity index (χ1) is 23.5. The Bertz CT molecular complexity index is 1920. The van der Waals surface area contributed by atoms with Crippen molar-refractivity contribution >= 4 is 17.5 Å². The van der Waals surface area contributed by atoms with Crippen LogP contribution in [0.2, 0.25) is 0 Å². The van der Waals surface area contributed by atoms with E-state index in [0.29, 0.717) is 65.7 Å². The Kier molecular flexibility index (Phi) is 10.4. The van der Waals surface area contributed by atoms with Crippen LogP contribution in [0.25, 0.3) is 22.3 Å². The first kappa shape index (κ1) is 34.7. The maximum Gasteiger partial charge on any atom is 0.270 e. The summed E-state index contributed by atoms with van der Waals surface area (Å²) in [6.45, 7) is 7.11. The molecule has 1 saturated heterocycles. The molecule has 11 nitrogen and oxygen atoms in total. The van der Waals surface area contributed by atoms with E-state index in [4.69, 9.17) is 18.9 Å². The van der Waals surface area contributed by atoms with Crippen molar-refractivity contribution in [2.75, 3.05) is 54.6 Å². The molecular formula is C38H41N3O8. The number of benzene rings is 4. The van der Waals surface area contributed by atoms with Crippen molar-refractivity contribution in [1.29, 1.82) is 0 Å². The fourth-order valence-corrected chi connectivity index (χ4v) is 6.45. The van der Waals surface area contributed by atoms with Crippen LogP contribution in [0, 0.1) is 30.9 Å². The molecule has 0 radical (unpaired) electrons. The minimum Gasteiger partial charge on any atom is -0.493 e. The molecule has 2 amide bonds. The molecule has 1 heterocycles. The highest BCUT2D eigenvalue weighted by Gasteiger charge is 2.28. The standard InChI is InChI=1S/C38H41N3O8/c1-23-9-11-29(26-18-24(2)35(48-6)33(20-26)46-4)31(17-23)37(42)39-13-8-14-40(16-15-39)38(43)32-22-28(41(44)45)10-12-30(32)27-19-25(3)36(49-7)34(21-27)47-5/h9-12,17-22H,8,13-16H2,1-7H3. The number of non-ortho nitro benzene ring substituents is 1. The van der Waals surface area contributed by atoms with Gasteiger partial charge in [-0.25, -0.2) is 0 Å². The van der Waals surface area contributed by atoms with Gasteiger partial charge in [0.15, 0.2) is 23.0 Å². The van der Waals surface area contributed by atoms with Crippen LogP contribution in [0.5, 0.6) is 23.0 Å². The summed E-state index contributed by atoms with van der Waals surface area (Å²) >= 11 is 0. The van der Waals surface area contributed by atoms with Crippen LogP contribution < -0.4 is 18.9 Å². The SMILES string of the molecule is COc1cc(-c2ccc(C)cc2C(=O)N2CCCN(C(=O)c3cc([N+](=O)[O-])ccc3-c3cc(C)c(OC)c(OC)c3)CC2)cc(C)c1OC. The average Bonchev–Trinajstić information content (AvgIpc) is 3.36. The number of aryl methyl sites for hydroxylation is 3. The van der Waals surface area contributed by atoms with E-state index in [2.05, 4.69) is 0 Å². The Morgan fingerprint density at radius 3 is 1.55 bits per heavy atom. The van der Waals surface area contributed by atoms with Gasteiger partial charge in [0.1, 0.15) is 0 Å². The number of hydrogen-bond acceptors (Lipinski definition) is 8. The summed E-state index contributed by atoms with van der Waals surface area (Å²) in [4.78, 5) is 43.1. The van der Waals surface area contributed by atoms with E-state index in [1.54, 1.807) is 43.3 Å². The number of methoxy groups -OCH3 is 4. The number of rotatable bonds is 9. The molecule has 0 N–H and O–H groups in total. The van der Waals surface area contributed by atoms with Crippen LogP contribution in [0.15, 0.2) is 60.7 Å². The molecule has 0 aliphatic carbocycles. The molecule has 0 unspecified atom stereocenters. The Morgan fingerprint density at radius 1 is 0.633 bits per heavy atom. The zero-order chi connectivity index (χ0) is 35.4. The third-order valence-electron chi connectivity index (χ3n) is 8.87. The van der Waals surface area contributed by atoms with Gasteiger partial charge in [-0.3, -0.25) is 19.7 Å². The van der Waals surface area contributed by atoms with E-state index in [9.17, 15) is 19.7 Å². The number of carbonyl (C=O) groups is 2. The highest BCUT2D eigenvalue weighted by atomic mass is 16.6. The molecule has 49 heavy (non-hydrogen) atoms. The van der Waals surface area contributed by atoms with Crippen molar-refractivity contribution in [3.05, 3.63) is 98.6 Å². The third-order valence-corrected chi connectivity index (χ3v) is 8.87. The highest BCUT2D eigenvalue weighted by molar-refractivity contribution is 6.03. The fourth-order valence-electron chi connectivity index (χ4n) is 6.45. The number of nitrogens with zero attached hydrogens (tertiary/aromatic N) is 3. The molecule has 0 atom stereocenters. The average molecular weight is 668 g/mol. The predicted molar refractivity (Wildman–Crippen MR) is 187 cm³/mol. The maximum absolute atomic E-state index is 14.2. The van der Waals surface area contributed by atoms with E-state index in [-0.39, 0.29) is 29.6 Å². The smallest absolute Gasteiger partial charge is 0.270 e. The Labute approximate surface area is 286 Å². The normalized spacial score (nSPS) is 13.0. The van der Waals surface area contributed by atoms with Gasteiger partial charge in [-0.15, -0.1) is 0 Å². The molecule has 0 saturated carbocycles. The van der Waals surface area contributed by atoms with E-state index in [0.717, 1.165) is 27.8 Å². The summed E-state index contributed by atoms with van der Waals surface area (Å²) in [6.07, 6.45) is 0.536. The molecule has 0 aromatic heterocycles. The van der Waals surface area contributed by atoms with E-state index in [1.165, 1.54) is 19.2 Å². The van der Waals surface area contributed by atoms with Gasteiger partial charge in [0.25, 0.3) is 17.5 Å². The summed E-state index contributed by atoms with van der Waals surface area (Å²) in [6, 6.07) is 17.6. The lowest BCUT2D eigenvalue weighted by molar-refractivity contribution is -0.384. The number of hydrogen-bond donors (Lipinski definition) is 0. The lowest BCUT2D eigenvalue weighted by Gasteiger charge is -2.24. The van der Waals surface area contributed by atoms with Gasteiger partial charge in [-0.05, 0) is 97.0 Å². The van der Waals surface area contributed by atoms with Crippen LogP contribution in [-0.4, -0.2) is 81.2 Å². The van der Waals surface area contributed by atoms with Gasteiger partial charge in [-0.2, -0.15) is 0 Å².